The fourth-order valence-electron chi connectivity index (χ4n) is 2.01. The molecule has 0 atom stereocenters. The number of aryl methyl sites for hydroxylation is 2. The van der Waals surface area contributed by atoms with Crippen molar-refractivity contribution in [3.8, 4) is 0 Å². The second-order valence-corrected chi connectivity index (χ2v) is 3.41. The molecule has 0 saturated carbocycles. The van der Waals surface area contributed by atoms with Gasteiger partial charge in [-0.15, -0.1) is 0 Å². The monoisotopic (exact) mass is 187 g/mol. The molecule has 0 bridgehead atoms. The molecule has 1 heterocycles. The fraction of sp³-hybridized carbons (Fsp3) is 0.250. The quantitative estimate of drug-likeness (QED) is 0.662. The molecule has 0 fully saturated rings. The summed E-state index contributed by atoms with van der Waals surface area (Å²) in [5, 5.41) is 1.19. The van der Waals surface area contributed by atoms with Crippen LogP contribution in [0.4, 0.5) is 0 Å². The molecule has 0 unspecified atom stereocenters. The molecule has 0 N–H and O–H groups in total. The van der Waals surface area contributed by atoms with Gasteiger partial charge in [-0.2, -0.15) is 0 Å². The van der Waals surface area contributed by atoms with Gasteiger partial charge in [0.25, 0.3) is 0 Å². The standard InChI is InChI=1S/C12H13NO/c1-3-9-10-6-4-5-7-11(10)13(2)12(9)8-14/h4-8H,3H2,1-2H3. The number of rotatable bonds is 2. The van der Waals surface area contributed by atoms with Crippen molar-refractivity contribution in [3.63, 3.8) is 0 Å². The maximum Gasteiger partial charge on any atom is 0.166 e. The fourth-order valence-corrected chi connectivity index (χ4v) is 2.01. The van der Waals surface area contributed by atoms with Crippen LogP contribution in [0.3, 0.4) is 0 Å². The van der Waals surface area contributed by atoms with E-state index in [-0.39, 0.29) is 0 Å². The van der Waals surface area contributed by atoms with Gasteiger partial charge in [-0.3, -0.25) is 4.79 Å². The smallest absolute Gasteiger partial charge is 0.166 e. The Morgan fingerprint density at radius 3 is 2.71 bits per heavy atom. The SMILES string of the molecule is CCc1c(C=O)n(C)c2ccccc12. The summed E-state index contributed by atoms with van der Waals surface area (Å²) in [4.78, 5) is 11.0. The highest BCUT2D eigenvalue weighted by atomic mass is 16.1. The van der Waals surface area contributed by atoms with Crippen LogP contribution in [-0.2, 0) is 13.5 Å². The number of para-hydroxylation sites is 1. The van der Waals surface area contributed by atoms with Crippen LogP contribution in [0.2, 0.25) is 0 Å². The van der Waals surface area contributed by atoms with E-state index in [1.807, 2.05) is 29.8 Å². The van der Waals surface area contributed by atoms with Gasteiger partial charge >= 0.3 is 0 Å². The van der Waals surface area contributed by atoms with Crippen LogP contribution in [0.5, 0.6) is 0 Å². The second kappa shape index (κ2) is 3.29. The molecule has 2 rings (SSSR count). The summed E-state index contributed by atoms with van der Waals surface area (Å²) < 4.78 is 1.96. The van der Waals surface area contributed by atoms with Crippen molar-refractivity contribution in [1.29, 1.82) is 0 Å². The normalized spacial score (nSPS) is 10.7. The third kappa shape index (κ3) is 1.07. The number of aldehydes is 1. The first-order valence-corrected chi connectivity index (χ1v) is 4.81. The van der Waals surface area contributed by atoms with Crippen LogP contribution < -0.4 is 0 Å². The molecule has 2 nitrogen and oxygen atoms in total. The second-order valence-electron chi connectivity index (χ2n) is 3.41. The number of carbonyl (C=O) groups excluding carboxylic acids is 1. The zero-order valence-corrected chi connectivity index (χ0v) is 8.45. The van der Waals surface area contributed by atoms with Crippen LogP contribution in [0.15, 0.2) is 24.3 Å². The molecule has 72 valence electrons. The summed E-state index contributed by atoms with van der Waals surface area (Å²) in [6, 6.07) is 8.12. The van der Waals surface area contributed by atoms with Crippen molar-refractivity contribution in [2.24, 2.45) is 7.05 Å². The lowest BCUT2D eigenvalue weighted by molar-refractivity contribution is 0.111. The predicted octanol–water partition coefficient (Wildman–Crippen LogP) is 2.55. The van der Waals surface area contributed by atoms with Crippen LogP contribution in [0.1, 0.15) is 23.0 Å². The summed E-state index contributed by atoms with van der Waals surface area (Å²) in [5.74, 6) is 0. The van der Waals surface area contributed by atoms with Crippen molar-refractivity contribution in [2.45, 2.75) is 13.3 Å². The van der Waals surface area contributed by atoms with Gasteiger partial charge in [0.2, 0.25) is 0 Å². The highest BCUT2D eigenvalue weighted by Crippen LogP contribution is 2.24. The van der Waals surface area contributed by atoms with Gasteiger partial charge in [0.1, 0.15) is 0 Å². The molecule has 14 heavy (non-hydrogen) atoms. The minimum absolute atomic E-state index is 0.800. The van der Waals surface area contributed by atoms with Crippen LogP contribution in [0.25, 0.3) is 10.9 Å². The zero-order chi connectivity index (χ0) is 10.1. The van der Waals surface area contributed by atoms with E-state index in [1.54, 1.807) is 0 Å². The molecular formula is C12H13NO. The highest BCUT2D eigenvalue weighted by molar-refractivity contribution is 5.93. The van der Waals surface area contributed by atoms with Crippen molar-refractivity contribution in [1.82, 2.24) is 4.57 Å². The Labute approximate surface area is 83.2 Å². The number of hydrogen-bond acceptors (Lipinski definition) is 1. The average molecular weight is 187 g/mol. The highest BCUT2D eigenvalue weighted by Gasteiger charge is 2.11. The van der Waals surface area contributed by atoms with Gasteiger partial charge in [0.15, 0.2) is 6.29 Å². The first kappa shape index (κ1) is 9.00. The summed E-state index contributed by atoms with van der Waals surface area (Å²) in [6.45, 7) is 2.08. The largest absolute Gasteiger partial charge is 0.341 e. The molecule has 0 amide bonds. The molecule has 1 aromatic heterocycles. The summed E-state index contributed by atoms with van der Waals surface area (Å²) >= 11 is 0. The van der Waals surface area contributed by atoms with Crippen molar-refractivity contribution in [3.05, 3.63) is 35.5 Å². The molecular weight excluding hydrogens is 174 g/mol. The molecule has 0 spiro atoms. The van der Waals surface area contributed by atoms with E-state index in [0.29, 0.717) is 0 Å². The topological polar surface area (TPSA) is 22.0 Å². The van der Waals surface area contributed by atoms with Crippen molar-refractivity contribution < 1.29 is 4.79 Å². The molecule has 0 aliphatic heterocycles. The molecule has 2 heteroatoms. The average Bonchev–Trinajstić information content (AvgIpc) is 2.51. The molecule has 1 aromatic carbocycles. The van der Waals surface area contributed by atoms with Gasteiger partial charge < -0.3 is 4.57 Å². The lowest BCUT2D eigenvalue weighted by Gasteiger charge is -1.96. The number of aromatic nitrogens is 1. The van der Waals surface area contributed by atoms with Gasteiger partial charge in [-0.1, -0.05) is 25.1 Å². The Hall–Kier alpha value is -1.57. The van der Waals surface area contributed by atoms with E-state index in [9.17, 15) is 4.79 Å². The van der Waals surface area contributed by atoms with Crippen LogP contribution in [-0.4, -0.2) is 10.9 Å². The molecule has 0 radical (unpaired) electrons. The van der Waals surface area contributed by atoms with Crippen molar-refractivity contribution in [2.75, 3.05) is 0 Å². The van der Waals surface area contributed by atoms with Crippen LogP contribution in [0, 0.1) is 0 Å². The Kier molecular flexibility index (Phi) is 2.12. The molecule has 2 aromatic rings. The van der Waals surface area contributed by atoms with E-state index < -0.39 is 0 Å². The minimum Gasteiger partial charge on any atom is -0.341 e. The number of nitrogens with zero attached hydrogens (tertiary/aromatic N) is 1. The van der Waals surface area contributed by atoms with Crippen LogP contribution >= 0.6 is 0 Å². The first-order chi connectivity index (χ1) is 6.79. The number of hydrogen-bond donors (Lipinski definition) is 0. The molecule has 0 saturated heterocycles. The Balaban J connectivity index is 2.91. The summed E-state index contributed by atoms with van der Waals surface area (Å²) in [6.07, 6.45) is 1.84. The summed E-state index contributed by atoms with van der Waals surface area (Å²) in [7, 11) is 1.94. The number of fused-ring (bicyclic) bond motifs is 1. The zero-order valence-electron chi connectivity index (χ0n) is 8.45. The first-order valence-electron chi connectivity index (χ1n) is 4.81. The van der Waals surface area contributed by atoms with E-state index in [1.165, 1.54) is 5.39 Å². The minimum atomic E-state index is 0.800. The Morgan fingerprint density at radius 1 is 1.36 bits per heavy atom. The summed E-state index contributed by atoms with van der Waals surface area (Å²) in [5.41, 5.74) is 3.08. The van der Waals surface area contributed by atoms with Crippen molar-refractivity contribution >= 4 is 17.2 Å². The third-order valence-corrected chi connectivity index (χ3v) is 2.73. The number of carbonyl (C=O) groups is 1. The number of benzene rings is 1. The Bertz CT molecular complexity index is 482. The van der Waals surface area contributed by atoms with Gasteiger partial charge in [-0.25, -0.2) is 0 Å². The third-order valence-electron chi connectivity index (χ3n) is 2.73. The van der Waals surface area contributed by atoms with Gasteiger partial charge in [0.05, 0.1) is 5.69 Å². The van der Waals surface area contributed by atoms with Gasteiger partial charge in [0, 0.05) is 18.0 Å². The van der Waals surface area contributed by atoms with E-state index in [2.05, 4.69) is 13.0 Å². The maximum absolute atomic E-state index is 11.0. The lowest BCUT2D eigenvalue weighted by Crippen LogP contribution is -1.96. The predicted molar refractivity (Wildman–Crippen MR) is 57.7 cm³/mol. The maximum atomic E-state index is 11.0. The molecule has 0 aliphatic carbocycles. The lowest BCUT2D eigenvalue weighted by atomic mass is 10.1. The van der Waals surface area contributed by atoms with E-state index in [4.69, 9.17) is 0 Å². The van der Waals surface area contributed by atoms with Gasteiger partial charge in [-0.05, 0) is 18.1 Å². The van der Waals surface area contributed by atoms with E-state index in [0.717, 1.165) is 29.5 Å². The molecule has 0 aliphatic rings. The van der Waals surface area contributed by atoms with E-state index >= 15 is 0 Å². The Morgan fingerprint density at radius 2 is 2.07 bits per heavy atom.